The van der Waals surface area contributed by atoms with Crippen molar-refractivity contribution < 1.29 is 42.5 Å². The van der Waals surface area contributed by atoms with Crippen LogP contribution in [0.3, 0.4) is 0 Å². The van der Waals surface area contributed by atoms with Crippen LogP contribution in [0.2, 0.25) is 0 Å². The topological polar surface area (TPSA) is 119 Å². The second-order valence-corrected chi connectivity index (χ2v) is 10.9. The van der Waals surface area contributed by atoms with Gasteiger partial charge in [-0.3, -0.25) is 14.4 Å². The van der Waals surface area contributed by atoms with E-state index in [1.165, 1.54) is 24.3 Å². The van der Waals surface area contributed by atoms with Crippen LogP contribution < -0.4 is 10.1 Å². The molecule has 0 radical (unpaired) electrons. The number of ether oxygens (including phenoxy) is 2. The maximum Gasteiger partial charge on any atom is 0.329 e. The number of hydrogen-bond donors (Lipinski definition) is 2. The molecule has 0 heterocycles. The Hall–Kier alpha value is -5.38. The fourth-order valence-corrected chi connectivity index (χ4v) is 4.34. The molecule has 1 atom stereocenters. The van der Waals surface area contributed by atoms with Crippen molar-refractivity contribution in [2.45, 2.75) is 71.3 Å². The summed E-state index contributed by atoms with van der Waals surface area (Å²) in [6.45, 7) is 2.57. The van der Waals surface area contributed by atoms with E-state index in [4.69, 9.17) is 9.47 Å². The number of esters is 2. The number of aliphatic carboxylic acids is 1. The summed E-state index contributed by atoms with van der Waals surface area (Å²) < 4.78 is 38.0. The van der Waals surface area contributed by atoms with Crippen LogP contribution in [0.5, 0.6) is 5.75 Å². The van der Waals surface area contributed by atoms with Crippen molar-refractivity contribution in [2.75, 3.05) is 6.61 Å². The Labute approximate surface area is 292 Å². The normalized spacial score (nSPS) is 12.6. The van der Waals surface area contributed by atoms with E-state index in [2.05, 4.69) is 66.9 Å². The van der Waals surface area contributed by atoms with Gasteiger partial charge in [-0.1, -0.05) is 85.9 Å². The number of rotatable bonds is 21. The highest BCUT2D eigenvalue weighted by atomic mass is 19.1. The van der Waals surface area contributed by atoms with Crippen LogP contribution in [-0.2, 0) is 19.1 Å². The van der Waals surface area contributed by atoms with Crippen molar-refractivity contribution >= 4 is 23.8 Å². The van der Waals surface area contributed by atoms with Crippen LogP contribution in [0, 0.1) is 11.6 Å². The molecule has 50 heavy (non-hydrogen) atoms. The average molecular weight is 690 g/mol. The highest BCUT2D eigenvalue weighted by Crippen LogP contribution is 2.29. The lowest BCUT2D eigenvalue weighted by Crippen LogP contribution is -2.44. The first-order chi connectivity index (χ1) is 24.1. The summed E-state index contributed by atoms with van der Waals surface area (Å²) in [4.78, 5) is 48.8. The Morgan fingerprint density at radius 2 is 1.34 bits per heavy atom. The number of benzene rings is 2. The maximum absolute atomic E-state index is 14.4. The summed E-state index contributed by atoms with van der Waals surface area (Å²) in [5.74, 6) is -5.76. The third kappa shape index (κ3) is 16.6. The van der Waals surface area contributed by atoms with Crippen molar-refractivity contribution in [1.82, 2.24) is 5.32 Å². The van der Waals surface area contributed by atoms with Gasteiger partial charge < -0.3 is 19.9 Å². The van der Waals surface area contributed by atoms with Crippen molar-refractivity contribution in [3.8, 4) is 16.9 Å². The number of hydrogen-bond acceptors (Lipinski definition) is 6. The number of halogens is 2. The quantitative estimate of drug-likeness (QED) is 0.0764. The predicted molar refractivity (Wildman–Crippen MR) is 190 cm³/mol. The largest absolute Gasteiger partial charge is 0.480 e. The van der Waals surface area contributed by atoms with Crippen LogP contribution in [0.4, 0.5) is 8.78 Å². The molecule has 10 heteroatoms. The molecule has 0 fully saturated rings. The molecule has 266 valence electrons. The van der Waals surface area contributed by atoms with Crippen molar-refractivity contribution in [2.24, 2.45) is 0 Å². The summed E-state index contributed by atoms with van der Waals surface area (Å²) >= 11 is 0. The Morgan fingerprint density at radius 1 is 0.780 bits per heavy atom. The SMILES string of the molecule is CCC=CCC=CCC=CCC=CCC=CCC=CCCC(=O)OCC(NC(=O)c1cc(-c2ccc(F)cc2F)ccc1OC(C)=O)C(=O)O. The molecule has 0 aliphatic carbocycles. The van der Waals surface area contributed by atoms with Crippen molar-refractivity contribution in [3.63, 3.8) is 0 Å². The number of carbonyl (C=O) groups excluding carboxylic acids is 3. The molecular weight excluding hydrogens is 644 g/mol. The molecule has 8 nitrogen and oxygen atoms in total. The average Bonchev–Trinajstić information content (AvgIpc) is 3.07. The first-order valence-corrected chi connectivity index (χ1v) is 16.5. The number of amides is 1. The summed E-state index contributed by atoms with van der Waals surface area (Å²) in [7, 11) is 0. The molecule has 2 N–H and O–H groups in total. The minimum absolute atomic E-state index is 0.00430. The van der Waals surface area contributed by atoms with Gasteiger partial charge in [-0.05, 0) is 74.8 Å². The van der Waals surface area contributed by atoms with Crippen LogP contribution in [0.25, 0.3) is 11.1 Å². The zero-order chi connectivity index (χ0) is 36.6. The molecule has 2 rings (SSSR count). The minimum atomic E-state index is -1.63. The highest BCUT2D eigenvalue weighted by molar-refractivity contribution is 6.00. The highest BCUT2D eigenvalue weighted by Gasteiger charge is 2.25. The smallest absolute Gasteiger partial charge is 0.329 e. The van der Waals surface area contributed by atoms with Gasteiger partial charge in [0.15, 0.2) is 6.04 Å². The van der Waals surface area contributed by atoms with Crippen LogP contribution in [0.1, 0.15) is 75.6 Å². The fourth-order valence-electron chi connectivity index (χ4n) is 4.34. The predicted octanol–water partition coefficient (Wildman–Crippen LogP) is 8.76. The van der Waals surface area contributed by atoms with Gasteiger partial charge in [0, 0.05) is 25.0 Å². The molecule has 0 aliphatic rings. The molecule has 0 saturated heterocycles. The third-order valence-electron chi connectivity index (χ3n) is 6.85. The summed E-state index contributed by atoms with van der Waals surface area (Å²) in [5.41, 5.74) is -0.168. The van der Waals surface area contributed by atoms with E-state index in [0.29, 0.717) is 18.9 Å². The summed E-state index contributed by atoms with van der Waals surface area (Å²) in [5, 5.41) is 11.9. The molecule has 0 spiro atoms. The molecule has 0 aromatic heterocycles. The zero-order valence-electron chi connectivity index (χ0n) is 28.5. The van der Waals surface area contributed by atoms with Crippen LogP contribution in [0.15, 0.2) is 109 Å². The Bertz CT molecular complexity index is 1600. The molecule has 1 unspecified atom stereocenters. The van der Waals surface area contributed by atoms with E-state index in [-0.39, 0.29) is 28.9 Å². The van der Waals surface area contributed by atoms with Gasteiger partial charge in [-0.25, -0.2) is 13.6 Å². The van der Waals surface area contributed by atoms with Gasteiger partial charge in [0.2, 0.25) is 0 Å². The maximum atomic E-state index is 14.4. The molecule has 0 aliphatic heterocycles. The number of nitrogens with one attached hydrogen (secondary N) is 1. The number of carbonyl (C=O) groups is 4. The van der Waals surface area contributed by atoms with Gasteiger partial charge in [-0.15, -0.1) is 0 Å². The Morgan fingerprint density at radius 3 is 1.86 bits per heavy atom. The Kier molecular flexibility index (Phi) is 19.5. The molecule has 0 saturated carbocycles. The number of carboxylic acids is 1. The third-order valence-corrected chi connectivity index (χ3v) is 6.85. The second-order valence-electron chi connectivity index (χ2n) is 10.9. The van der Waals surface area contributed by atoms with E-state index in [9.17, 15) is 33.1 Å². The van der Waals surface area contributed by atoms with Crippen molar-refractivity contribution in [1.29, 1.82) is 0 Å². The van der Waals surface area contributed by atoms with Crippen LogP contribution in [-0.4, -0.2) is 41.6 Å². The Balaban J connectivity index is 1.78. The van der Waals surface area contributed by atoms with Crippen LogP contribution >= 0.6 is 0 Å². The molecule has 2 aromatic rings. The van der Waals surface area contributed by atoms with E-state index < -0.39 is 48.1 Å². The monoisotopic (exact) mass is 689 g/mol. The summed E-state index contributed by atoms with van der Waals surface area (Å²) in [6, 6.07) is 5.03. The number of allylic oxidation sites excluding steroid dienone is 12. The van der Waals surface area contributed by atoms with Crippen molar-refractivity contribution in [3.05, 3.63) is 127 Å². The van der Waals surface area contributed by atoms with E-state index >= 15 is 0 Å². The zero-order valence-corrected chi connectivity index (χ0v) is 28.5. The lowest BCUT2D eigenvalue weighted by atomic mass is 10.0. The molecular formula is C40H45F2NO7. The standard InChI is InChI=1S/C40H45F2NO7/c1-3-4-5-6-7-8-9-10-11-12-13-14-15-16-17-18-19-20-21-22-38(45)49-29-36(40(47)48)43-39(46)34-27-31(23-26-37(34)50-30(2)44)33-25-24-32(41)28-35(33)42/h4-5,7-8,10-11,13-14,16-17,19-20,23-28,36H,3,6,9,12,15,18,21-22,29H2,1-2H3,(H,43,46)(H,47,48). The summed E-state index contributed by atoms with van der Waals surface area (Å²) in [6.07, 6.45) is 30.7. The molecule has 2 aromatic carbocycles. The van der Waals surface area contributed by atoms with E-state index in [1.807, 2.05) is 18.2 Å². The van der Waals surface area contributed by atoms with Gasteiger partial charge in [0.1, 0.15) is 24.0 Å². The number of carboxylic acid groups (broad SMARTS) is 1. The van der Waals surface area contributed by atoms with E-state index in [0.717, 1.165) is 45.1 Å². The minimum Gasteiger partial charge on any atom is -0.480 e. The fraction of sp³-hybridized carbons (Fsp3) is 0.300. The first kappa shape index (κ1) is 40.8. The lowest BCUT2D eigenvalue weighted by molar-refractivity contribution is -0.148. The second kappa shape index (κ2) is 23.9. The van der Waals surface area contributed by atoms with Gasteiger partial charge in [-0.2, -0.15) is 0 Å². The first-order valence-electron chi connectivity index (χ1n) is 16.5. The van der Waals surface area contributed by atoms with E-state index in [1.54, 1.807) is 0 Å². The molecule has 0 bridgehead atoms. The molecule has 1 amide bonds. The lowest BCUT2D eigenvalue weighted by Gasteiger charge is -2.17. The van der Waals surface area contributed by atoms with Gasteiger partial charge in [0.05, 0.1) is 5.56 Å². The van der Waals surface area contributed by atoms with Gasteiger partial charge >= 0.3 is 17.9 Å². The van der Waals surface area contributed by atoms with Gasteiger partial charge in [0.25, 0.3) is 5.91 Å².